The Hall–Kier alpha value is -2.77. The van der Waals surface area contributed by atoms with E-state index >= 15 is 0 Å². The molecule has 6 nitrogen and oxygen atoms in total. The van der Waals surface area contributed by atoms with Crippen LogP contribution in [0.1, 0.15) is 41.0 Å². The molecular weight excluding hydrogens is 356 g/mol. The summed E-state index contributed by atoms with van der Waals surface area (Å²) in [5.41, 5.74) is 1.78. The maximum absolute atomic E-state index is 14.3. The van der Waals surface area contributed by atoms with Gasteiger partial charge in [0.1, 0.15) is 5.69 Å². The summed E-state index contributed by atoms with van der Waals surface area (Å²) in [6.07, 6.45) is 2.95. The molecule has 2 aromatic rings. The molecule has 4 rings (SSSR count). The van der Waals surface area contributed by atoms with Crippen LogP contribution in [0.25, 0.3) is 5.69 Å². The van der Waals surface area contributed by atoms with Gasteiger partial charge in [0.2, 0.25) is 0 Å². The van der Waals surface area contributed by atoms with E-state index in [0.29, 0.717) is 38.8 Å². The van der Waals surface area contributed by atoms with Crippen LogP contribution in [-0.2, 0) is 17.6 Å². The van der Waals surface area contributed by atoms with E-state index in [1.54, 1.807) is 4.90 Å². The Morgan fingerprint density at radius 1 is 1.15 bits per heavy atom. The van der Waals surface area contributed by atoms with Gasteiger partial charge in [0.25, 0.3) is 5.91 Å². The van der Waals surface area contributed by atoms with Crippen molar-refractivity contribution < 1.29 is 23.5 Å². The van der Waals surface area contributed by atoms with Crippen molar-refractivity contribution >= 4 is 11.9 Å². The minimum absolute atomic E-state index is 0.00298. The third-order valence-electron chi connectivity index (χ3n) is 5.42. The van der Waals surface area contributed by atoms with Crippen molar-refractivity contribution in [2.24, 2.45) is 5.92 Å². The smallest absolute Gasteiger partial charge is 0.306 e. The molecule has 0 spiro atoms. The van der Waals surface area contributed by atoms with Gasteiger partial charge in [-0.05, 0) is 44.2 Å². The summed E-state index contributed by atoms with van der Waals surface area (Å²) in [7, 11) is 0. The van der Waals surface area contributed by atoms with E-state index in [1.807, 2.05) is 0 Å². The number of nitrogens with zero attached hydrogens (tertiary/aromatic N) is 3. The van der Waals surface area contributed by atoms with Gasteiger partial charge in [0.15, 0.2) is 17.3 Å². The third kappa shape index (κ3) is 2.98. The number of amides is 1. The van der Waals surface area contributed by atoms with Crippen molar-refractivity contribution in [3.63, 3.8) is 0 Å². The van der Waals surface area contributed by atoms with E-state index < -0.39 is 23.5 Å². The average Bonchev–Trinajstić information content (AvgIpc) is 3.26. The zero-order valence-electron chi connectivity index (χ0n) is 14.6. The number of rotatable bonds is 3. The molecule has 1 aliphatic carbocycles. The molecule has 1 aromatic carbocycles. The van der Waals surface area contributed by atoms with Crippen molar-refractivity contribution in [1.29, 1.82) is 0 Å². The molecule has 1 amide bonds. The molecule has 0 unspecified atom stereocenters. The SMILES string of the molecule is O=C(O)C1CCN(C(=O)c2nn(-c3cccc(F)c3F)c3c2CCC3)CC1. The average molecular weight is 375 g/mol. The maximum atomic E-state index is 14.3. The highest BCUT2D eigenvalue weighted by atomic mass is 19.2. The Labute approximate surface area is 154 Å². The van der Waals surface area contributed by atoms with Crippen LogP contribution >= 0.6 is 0 Å². The second kappa shape index (κ2) is 6.75. The fraction of sp³-hybridized carbons (Fsp3) is 0.421. The number of hydrogen-bond donors (Lipinski definition) is 1. The Morgan fingerprint density at radius 2 is 1.89 bits per heavy atom. The van der Waals surface area contributed by atoms with Gasteiger partial charge in [-0.1, -0.05) is 6.07 Å². The molecule has 1 saturated heterocycles. The first-order chi connectivity index (χ1) is 13.0. The van der Waals surface area contributed by atoms with E-state index in [4.69, 9.17) is 5.11 Å². The first-order valence-electron chi connectivity index (χ1n) is 9.04. The van der Waals surface area contributed by atoms with Gasteiger partial charge in [-0.25, -0.2) is 13.5 Å². The van der Waals surface area contributed by atoms with E-state index in [1.165, 1.54) is 16.8 Å². The number of halogens is 2. The highest BCUT2D eigenvalue weighted by Crippen LogP contribution is 2.30. The summed E-state index contributed by atoms with van der Waals surface area (Å²) < 4.78 is 29.2. The van der Waals surface area contributed by atoms with Gasteiger partial charge in [-0.15, -0.1) is 0 Å². The Morgan fingerprint density at radius 3 is 2.59 bits per heavy atom. The Balaban J connectivity index is 1.66. The molecule has 142 valence electrons. The summed E-state index contributed by atoms with van der Waals surface area (Å²) >= 11 is 0. The Bertz CT molecular complexity index is 917. The van der Waals surface area contributed by atoms with E-state index in [0.717, 1.165) is 23.7 Å². The highest BCUT2D eigenvalue weighted by Gasteiger charge is 2.33. The second-order valence-corrected chi connectivity index (χ2v) is 7.02. The summed E-state index contributed by atoms with van der Waals surface area (Å²) in [5.74, 6) is -3.49. The predicted molar refractivity (Wildman–Crippen MR) is 91.8 cm³/mol. The first kappa shape index (κ1) is 17.6. The van der Waals surface area contributed by atoms with Gasteiger partial charge >= 0.3 is 5.97 Å². The number of aliphatic carboxylic acids is 1. The fourth-order valence-electron chi connectivity index (χ4n) is 3.94. The summed E-state index contributed by atoms with van der Waals surface area (Å²) in [4.78, 5) is 25.7. The van der Waals surface area contributed by atoms with E-state index in [9.17, 15) is 18.4 Å². The van der Waals surface area contributed by atoms with Gasteiger partial charge < -0.3 is 10.0 Å². The van der Waals surface area contributed by atoms with Crippen LogP contribution in [0.2, 0.25) is 0 Å². The largest absolute Gasteiger partial charge is 0.481 e. The lowest BCUT2D eigenvalue weighted by Crippen LogP contribution is -2.40. The molecule has 0 atom stereocenters. The third-order valence-corrected chi connectivity index (χ3v) is 5.42. The standard InChI is InChI=1S/C19H19F2N3O3/c20-13-4-2-6-15(16(13)21)24-14-5-1-3-12(14)17(22-24)18(25)23-9-7-11(8-10-23)19(26)27/h2,4,6,11H,1,3,5,7-10H2,(H,26,27). The lowest BCUT2D eigenvalue weighted by molar-refractivity contribution is -0.143. The molecule has 0 bridgehead atoms. The number of likely N-dealkylation sites (tertiary alicyclic amines) is 1. The van der Waals surface area contributed by atoms with E-state index in [2.05, 4.69) is 5.10 Å². The maximum Gasteiger partial charge on any atom is 0.306 e. The van der Waals surface area contributed by atoms with Crippen LogP contribution in [0.5, 0.6) is 0 Å². The van der Waals surface area contributed by atoms with Crippen molar-refractivity contribution in [1.82, 2.24) is 14.7 Å². The number of carbonyl (C=O) groups excluding carboxylic acids is 1. The monoisotopic (exact) mass is 375 g/mol. The zero-order valence-corrected chi connectivity index (χ0v) is 14.6. The predicted octanol–water partition coefficient (Wildman–Crippen LogP) is 2.58. The van der Waals surface area contributed by atoms with Crippen LogP contribution in [0.3, 0.4) is 0 Å². The summed E-state index contributed by atoms with van der Waals surface area (Å²) in [5, 5.41) is 13.4. The Kier molecular flexibility index (Phi) is 4.41. The minimum Gasteiger partial charge on any atom is -0.481 e. The van der Waals surface area contributed by atoms with Crippen LogP contribution < -0.4 is 0 Å². The number of aromatic nitrogens is 2. The van der Waals surface area contributed by atoms with E-state index in [-0.39, 0.29) is 17.3 Å². The van der Waals surface area contributed by atoms with Crippen molar-refractivity contribution in [2.75, 3.05) is 13.1 Å². The molecule has 1 fully saturated rings. The number of benzene rings is 1. The number of carboxylic acids is 1. The van der Waals surface area contributed by atoms with Crippen molar-refractivity contribution in [3.05, 3.63) is 46.8 Å². The number of fused-ring (bicyclic) bond motifs is 1. The molecular formula is C19H19F2N3O3. The van der Waals surface area contributed by atoms with Gasteiger partial charge in [-0.2, -0.15) is 5.10 Å². The lowest BCUT2D eigenvalue weighted by Gasteiger charge is -2.29. The van der Waals surface area contributed by atoms with Crippen LogP contribution in [-0.4, -0.2) is 44.8 Å². The molecule has 27 heavy (non-hydrogen) atoms. The number of carboxylic acid groups (broad SMARTS) is 1. The second-order valence-electron chi connectivity index (χ2n) is 7.02. The highest BCUT2D eigenvalue weighted by molar-refractivity contribution is 5.94. The zero-order chi connectivity index (χ0) is 19.1. The lowest BCUT2D eigenvalue weighted by atomic mass is 9.97. The van der Waals surface area contributed by atoms with Gasteiger partial charge in [-0.3, -0.25) is 9.59 Å². The fourth-order valence-corrected chi connectivity index (χ4v) is 3.94. The van der Waals surface area contributed by atoms with Gasteiger partial charge in [0, 0.05) is 24.3 Å². The molecule has 0 radical (unpaired) electrons. The summed E-state index contributed by atoms with van der Waals surface area (Å²) in [6, 6.07) is 3.90. The summed E-state index contributed by atoms with van der Waals surface area (Å²) in [6.45, 7) is 0.706. The minimum atomic E-state index is -0.990. The van der Waals surface area contributed by atoms with Crippen LogP contribution in [0.15, 0.2) is 18.2 Å². The van der Waals surface area contributed by atoms with Crippen LogP contribution in [0.4, 0.5) is 8.78 Å². The number of piperidine rings is 1. The molecule has 2 aliphatic rings. The topological polar surface area (TPSA) is 75.4 Å². The first-order valence-corrected chi connectivity index (χ1v) is 9.04. The normalized spacial score (nSPS) is 17.2. The van der Waals surface area contributed by atoms with Crippen molar-refractivity contribution in [3.8, 4) is 5.69 Å². The molecule has 1 aliphatic heterocycles. The molecule has 0 saturated carbocycles. The number of hydrogen-bond acceptors (Lipinski definition) is 3. The molecule has 8 heteroatoms. The molecule has 2 heterocycles. The molecule has 1 N–H and O–H groups in total. The molecule has 1 aromatic heterocycles. The van der Waals surface area contributed by atoms with Crippen molar-refractivity contribution in [2.45, 2.75) is 32.1 Å². The van der Waals surface area contributed by atoms with Crippen LogP contribution in [0, 0.1) is 17.6 Å². The number of carbonyl (C=O) groups is 2. The quantitative estimate of drug-likeness (QED) is 0.895. The van der Waals surface area contributed by atoms with Gasteiger partial charge in [0.05, 0.1) is 5.92 Å².